The summed E-state index contributed by atoms with van der Waals surface area (Å²) in [7, 11) is -1.77. The van der Waals surface area contributed by atoms with Crippen molar-refractivity contribution in [3.05, 3.63) is 91.0 Å². The molecule has 48 heavy (non-hydrogen) atoms. The molecule has 0 unspecified atom stereocenters. The fourth-order valence-electron chi connectivity index (χ4n) is 5.41. The van der Waals surface area contributed by atoms with E-state index in [0.717, 1.165) is 50.0 Å². The van der Waals surface area contributed by atoms with Crippen molar-refractivity contribution in [2.45, 2.75) is 51.9 Å². The first-order valence-electron chi connectivity index (χ1n) is 16.6. The Hall–Kier alpha value is -4.01. The molecule has 3 rings (SSSR count). The molecule has 0 saturated carbocycles. The largest absolute Gasteiger partial charge is 0.355 e. The Balaban J connectivity index is 1.28. The van der Waals surface area contributed by atoms with Crippen molar-refractivity contribution >= 4 is 63.7 Å². The van der Waals surface area contributed by atoms with E-state index < -0.39 is 25.0 Å². The molecule has 0 saturated heterocycles. The highest BCUT2D eigenvalue weighted by Crippen LogP contribution is 2.56. The molecule has 9 nitrogen and oxygen atoms in total. The number of rotatable bonds is 21. The summed E-state index contributed by atoms with van der Waals surface area (Å²) in [4.78, 5) is 58.2. The van der Waals surface area contributed by atoms with Gasteiger partial charge in [0.05, 0.1) is 31.5 Å². The third kappa shape index (κ3) is 13.6. The summed E-state index contributed by atoms with van der Waals surface area (Å²) in [5, 5.41) is 14.1. The Bertz CT molecular complexity index is 1350. The van der Waals surface area contributed by atoms with Crippen LogP contribution in [0.1, 0.15) is 51.9 Å². The average molecular weight is 692 g/mol. The van der Waals surface area contributed by atoms with Crippen molar-refractivity contribution < 1.29 is 24.0 Å². The summed E-state index contributed by atoms with van der Waals surface area (Å²) in [6, 6.07) is 33.0. The Morgan fingerprint density at radius 2 is 0.875 bits per heavy atom. The number of unbranched alkanes of at least 4 members (excludes halogenated alkanes) is 6. The van der Waals surface area contributed by atoms with Crippen molar-refractivity contribution in [1.82, 2.24) is 21.3 Å². The Morgan fingerprint density at radius 3 is 1.31 bits per heavy atom. The minimum absolute atomic E-state index is 0.0691. The monoisotopic (exact) mass is 691 g/mol. The summed E-state index contributed by atoms with van der Waals surface area (Å²) >= 11 is 0.846. The third-order valence-corrected chi connectivity index (χ3v) is 13.2. The first-order chi connectivity index (χ1) is 23.3. The van der Waals surface area contributed by atoms with E-state index in [2.05, 4.69) is 112 Å². The summed E-state index contributed by atoms with van der Waals surface area (Å²) in [5.41, 5.74) is 0. The normalized spacial score (nSPS) is 10.9. The van der Waals surface area contributed by atoms with Crippen LogP contribution in [0.3, 0.4) is 0 Å². The van der Waals surface area contributed by atoms with Gasteiger partial charge in [-0.25, -0.2) is 0 Å². The molecule has 4 amide bonds. The first kappa shape index (κ1) is 38.4. The number of hydrogen-bond acceptors (Lipinski definition) is 6. The fraction of sp³-hybridized carbons (Fsp3) is 0.378. The lowest BCUT2D eigenvalue weighted by Crippen LogP contribution is -2.44. The van der Waals surface area contributed by atoms with Crippen LogP contribution in [0.15, 0.2) is 91.0 Å². The van der Waals surface area contributed by atoms with Crippen LogP contribution in [0, 0.1) is 0 Å². The first-order valence-corrected chi connectivity index (χ1v) is 19.5. The molecule has 0 fully saturated rings. The van der Waals surface area contributed by atoms with Crippen molar-refractivity contribution in [3.63, 3.8) is 0 Å². The van der Waals surface area contributed by atoms with E-state index in [1.54, 1.807) is 0 Å². The maximum Gasteiger partial charge on any atom is 0.239 e. The van der Waals surface area contributed by atoms with Crippen LogP contribution in [0.5, 0.6) is 0 Å². The van der Waals surface area contributed by atoms with Crippen LogP contribution < -0.4 is 37.2 Å². The quantitative estimate of drug-likeness (QED) is 0.100. The second-order valence-electron chi connectivity index (χ2n) is 11.5. The van der Waals surface area contributed by atoms with Crippen LogP contribution in [0.2, 0.25) is 0 Å². The molecule has 0 aromatic heterocycles. The number of thioether (sulfide) groups is 1. The van der Waals surface area contributed by atoms with E-state index in [1.165, 1.54) is 35.7 Å². The number of amides is 4. The van der Waals surface area contributed by atoms with E-state index in [9.17, 15) is 24.0 Å². The van der Waals surface area contributed by atoms with Gasteiger partial charge in [0.2, 0.25) is 23.6 Å². The molecule has 3 aromatic rings. The van der Waals surface area contributed by atoms with E-state index >= 15 is 0 Å². The molecule has 0 heterocycles. The van der Waals surface area contributed by atoms with E-state index in [1.807, 2.05) is 0 Å². The van der Waals surface area contributed by atoms with Crippen LogP contribution in [-0.4, -0.2) is 66.8 Å². The van der Waals surface area contributed by atoms with Gasteiger partial charge in [0.1, 0.15) is 23.2 Å². The smallest absolute Gasteiger partial charge is 0.239 e. The van der Waals surface area contributed by atoms with Gasteiger partial charge in [0, 0.05) is 13.5 Å². The zero-order valence-corrected chi connectivity index (χ0v) is 29.5. The highest BCUT2D eigenvalue weighted by Gasteiger charge is 2.44. The number of nitrogens with one attached hydrogen (secondary N) is 4. The zero-order valence-electron chi connectivity index (χ0n) is 27.7. The maximum absolute atomic E-state index is 12.1. The molecule has 3 aromatic carbocycles. The molecule has 0 aliphatic heterocycles. The van der Waals surface area contributed by atoms with E-state index in [4.69, 9.17) is 0 Å². The summed E-state index contributed by atoms with van der Waals surface area (Å²) < 4.78 is 0. The number of hydrogen-bond donors (Lipinski definition) is 4. The molecule has 0 radical (unpaired) electrons. The van der Waals surface area contributed by atoms with Crippen LogP contribution in [-0.2, 0) is 24.0 Å². The van der Waals surface area contributed by atoms with Crippen molar-refractivity contribution in [1.29, 1.82) is 0 Å². The van der Waals surface area contributed by atoms with Gasteiger partial charge in [0.25, 0.3) is 0 Å². The molecule has 11 heteroatoms. The van der Waals surface area contributed by atoms with E-state index in [0.29, 0.717) is 6.54 Å². The summed E-state index contributed by atoms with van der Waals surface area (Å²) in [5.74, 6) is -1.85. The third-order valence-electron chi connectivity index (χ3n) is 7.83. The lowest BCUT2D eigenvalue weighted by Gasteiger charge is -2.27. The summed E-state index contributed by atoms with van der Waals surface area (Å²) in [6.45, 7) is 1.11. The van der Waals surface area contributed by atoms with Gasteiger partial charge < -0.3 is 21.3 Å². The molecule has 0 bridgehead atoms. The van der Waals surface area contributed by atoms with Gasteiger partial charge >= 0.3 is 0 Å². The summed E-state index contributed by atoms with van der Waals surface area (Å²) in [6.07, 6.45) is 8.83. The second-order valence-corrected chi connectivity index (χ2v) is 16.2. The Kier molecular flexibility index (Phi) is 17.4. The van der Waals surface area contributed by atoms with Crippen LogP contribution >= 0.6 is 19.0 Å². The Labute approximate surface area is 289 Å². The van der Waals surface area contributed by atoms with Gasteiger partial charge in [-0.05, 0) is 55.7 Å². The highest BCUT2D eigenvalue weighted by atomic mass is 32.2. The number of benzene rings is 3. The molecular formula is C37H48N4O5PS+. The van der Waals surface area contributed by atoms with Gasteiger partial charge in [-0.15, -0.1) is 0 Å². The molecule has 4 N–H and O–H groups in total. The molecule has 256 valence electrons. The number of carbonyl (C=O) groups is 5. The minimum Gasteiger partial charge on any atom is -0.355 e. The molecule has 0 aliphatic rings. The maximum atomic E-state index is 12.1. The van der Waals surface area contributed by atoms with Crippen molar-refractivity contribution in [2.24, 2.45) is 0 Å². The molecule has 0 aliphatic carbocycles. The highest BCUT2D eigenvalue weighted by molar-refractivity contribution is 8.14. The number of carbonyl (C=O) groups excluding carboxylic acids is 5. The van der Waals surface area contributed by atoms with Crippen molar-refractivity contribution in [2.75, 3.05) is 38.1 Å². The van der Waals surface area contributed by atoms with Gasteiger partial charge in [0.15, 0.2) is 5.12 Å². The van der Waals surface area contributed by atoms with Gasteiger partial charge in [-0.2, -0.15) is 0 Å². The standard InChI is InChI=1S/C37H47N4O5PS/c1-30(42)48-29-37(46)41-28-36(45)40-27-35(44)39-26-34(43)38-24-16-5-3-2-4-6-17-25-47(31-18-10-7-11-19-31,32-20-12-8-13-21-32)33-22-14-9-15-23-33/h7-15,18-23H,2-6,16-17,24-29H2,1H3,(H3-,38,39,40,41,43,44,45,46)/p+1. The molecule has 0 spiro atoms. The predicted octanol–water partition coefficient (Wildman–Crippen LogP) is 3.46. The van der Waals surface area contributed by atoms with Gasteiger partial charge in [-0.1, -0.05) is 92.0 Å². The average Bonchev–Trinajstić information content (AvgIpc) is 3.11. The topological polar surface area (TPSA) is 133 Å². The minimum atomic E-state index is -1.77. The SMILES string of the molecule is CC(=O)SCC(=O)NCC(=O)NCC(=O)NCC(=O)NCCCCCCCCC[P+](c1ccccc1)(c1ccccc1)c1ccccc1. The molecule has 0 atom stereocenters. The van der Waals surface area contributed by atoms with E-state index in [-0.39, 0.29) is 36.4 Å². The lowest BCUT2D eigenvalue weighted by atomic mass is 10.1. The van der Waals surface area contributed by atoms with Gasteiger partial charge in [-0.3, -0.25) is 24.0 Å². The Morgan fingerprint density at radius 1 is 0.500 bits per heavy atom. The van der Waals surface area contributed by atoms with Crippen LogP contribution in [0.4, 0.5) is 0 Å². The lowest BCUT2D eigenvalue weighted by molar-refractivity contribution is -0.128. The zero-order chi connectivity index (χ0) is 34.5. The molecular weight excluding hydrogens is 643 g/mol. The fourth-order valence-corrected chi connectivity index (χ4v) is 10.3. The second kappa shape index (κ2) is 21.8. The van der Waals surface area contributed by atoms with Crippen LogP contribution in [0.25, 0.3) is 0 Å². The predicted molar refractivity (Wildman–Crippen MR) is 198 cm³/mol. The van der Waals surface area contributed by atoms with Crippen molar-refractivity contribution in [3.8, 4) is 0 Å².